The third-order valence-corrected chi connectivity index (χ3v) is 4.11. The van der Waals surface area contributed by atoms with E-state index in [9.17, 15) is 4.79 Å². The monoisotopic (exact) mass is 400 g/mol. The maximum absolute atomic E-state index is 12.3. The molecule has 1 aromatic carbocycles. The molecule has 25 heavy (non-hydrogen) atoms. The normalized spacial score (nSPS) is 11.8. The van der Waals surface area contributed by atoms with Gasteiger partial charge in [-0.25, -0.2) is 9.67 Å². The lowest BCUT2D eigenvalue weighted by atomic mass is 10.3. The molecular formula is C18H17BrN4O2. The molecule has 3 rings (SSSR count). The van der Waals surface area contributed by atoms with Crippen LogP contribution in [-0.2, 0) is 4.79 Å². The second-order valence-electron chi connectivity index (χ2n) is 5.48. The van der Waals surface area contributed by atoms with E-state index < -0.39 is 6.10 Å². The number of anilines is 1. The Morgan fingerprint density at radius 1 is 1.24 bits per heavy atom. The molecule has 1 N–H and O–H groups in total. The number of halogens is 1. The molecular weight excluding hydrogens is 384 g/mol. The van der Waals surface area contributed by atoms with Crippen molar-refractivity contribution >= 4 is 27.7 Å². The largest absolute Gasteiger partial charge is 0.463 e. The summed E-state index contributed by atoms with van der Waals surface area (Å²) in [6.07, 6.45) is 2.70. The van der Waals surface area contributed by atoms with Gasteiger partial charge in [-0.3, -0.25) is 4.79 Å². The van der Waals surface area contributed by atoms with Gasteiger partial charge in [-0.15, -0.1) is 5.10 Å². The highest BCUT2D eigenvalue weighted by molar-refractivity contribution is 9.10. The zero-order valence-corrected chi connectivity index (χ0v) is 15.4. The minimum absolute atomic E-state index is 0.289. The lowest BCUT2D eigenvalue weighted by Gasteiger charge is -2.13. The van der Waals surface area contributed by atoms with Gasteiger partial charge < -0.3 is 10.1 Å². The Morgan fingerprint density at radius 3 is 2.72 bits per heavy atom. The van der Waals surface area contributed by atoms with Crippen molar-refractivity contribution in [1.82, 2.24) is 14.8 Å². The highest BCUT2D eigenvalue weighted by Crippen LogP contribution is 2.25. The molecule has 1 unspecified atom stereocenters. The van der Waals surface area contributed by atoms with E-state index in [2.05, 4.69) is 31.3 Å². The average molecular weight is 401 g/mol. The Morgan fingerprint density at radius 2 is 2.00 bits per heavy atom. The van der Waals surface area contributed by atoms with Crippen LogP contribution in [0.5, 0.6) is 5.88 Å². The third-order valence-electron chi connectivity index (χ3n) is 3.57. The first-order chi connectivity index (χ1) is 12.0. The number of para-hydroxylation sites is 1. The molecule has 0 saturated carbocycles. The number of carbonyl (C=O) groups excluding carboxylic acids is 1. The molecule has 1 amide bonds. The van der Waals surface area contributed by atoms with Crippen molar-refractivity contribution < 1.29 is 9.53 Å². The standard InChI is InChI=1S/C18H17BrN4O2/c1-12-7-6-10-20-16(12)21-17(24)13(2)25-18-15(19)11-23(22-18)14-8-4-3-5-9-14/h3-11,13H,1-2H3,(H,20,21,24). The van der Waals surface area contributed by atoms with E-state index in [1.165, 1.54) is 0 Å². The van der Waals surface area contributed by atoms with Gasteiger partial charge in [-0.05, 0) is 53.5 Å². The van der Waals surface area contributed by atoms with Gasteiger partial charge in [0, 0.05) is 12.4 Å². The SMILES string of the molecule is Cc1cccnc1NC(=O)C(C)Oc1nn(-c2ccccc2)cc1Br. The van der Waals surface area contributed by atoms with Gasteiger partial charge in [-0.1, -0.05) is 24.3 Å². The van der Waals surface area contributed by atoms with Crippen LogP contribution in [0.15, 0.2) is 59.3 Å². The Labute approximate surface area is 154 Å². The average Bonchev–Trinajstić information content (AvgIpc) is 2.98. The Bertz CT molecular complexity index is 880. The molecule has 0 radical (unpaired) electrons. The number of amides is 1. The summed E-state index contributed by atoms with van der Waals surface area (Å²) in [6, 6.07) is 13.4. The van der Waals surface area contributed by atoms with Gasteiger partial charge >= 0.3 is 0 Å². The first-order valence-corrected chi connectivity index (χ1v) is 8.53. The van der Waals surface area contributed by atoms with E-state index in [1.54, 1.807) is 24.0 Å². The van der Waals surface area contributed by atoms with Crippen LogP contribution in [0.3, 0.4) is 0 Å². The predicted octanol–water partition coefficient (Wildman–Crippen LogP) is 3.74. The van der Waals surface area contributed by atoms with Gasteiger partial charge in [0.2, 0.25) is 5.88 Å². The number of nitrogens with one attached hydrogen (secondary N) is 1. The van der Waals surface area contributed by atoms with Crippen molar-refractivity contribution in [2.45, 2.75) is 20.0 Å². The number of hydrogen-bond acceptors (Lipinski definition) is 4. The number of carbonyl (C=O) groups is 1. The van der Waals surface area contributed by atoms with Gasteiger partial charge in [0.25, 0.3) is 5.91 Å². The smallest absolute Gasteiger partial charge is 0.266 e. The summed E-state index contributed by atoms with van der Waals surface area (Å²) >= 11 is 3.42. The molecule has 7 heteroatoms. The molecule has 0 bridgehead atoms. The molecule has 0 aliphatic heterocycles. The summed E-state index contributed by atoms with van der Waals surface area (Å²) < 4.78 is 8.06. The molecule has 1 atom stereocenters. The summed E-state index contributed by atoms with van der Waals surface area (Å²) in [4.78, 5) is 16.5. The number of pyridine rings is 1. The Kier molecular flexibility index (Phi) is 5.14. The minimum atomic E-state index is -0.725. The topological polar surface area (TPSA) is 69.0 Å². The Balaban J connectivity index is 1.71. The number of rotatable bonds is 5. The third kappa shape index (κ3) is 4.06. The van der Waals surface area contributed by atoms with Crippen LogP contribution in [0.2, 0.25) is 0 Å². The second-order valence-corrected chi connectivity index (χ2v) is 6.33. The van der Waals surface area contributed by atoms with Gasteiger partial charge in [0.1, 0.15) is 5.82 Å². The van der Waals surface area contributed by atoms with E-state index in [0.717, 1.165) is 11.3 Å². The fourth-order valence-electron chi connectivity index (χ4n) is 2.19. The molecule has 0 fully saturated rings. The van der Waals surface area contributed by atoms with E-state index in [4.69, 9.17) is 4.74 Å². The first kappa shape index (κ1) is 17.2. The number of nitrogens with zero attached hydrogens (tertiary/aromatic N) is 3. The number of ether oxygens (including phenoxy) is 1. The van der Waals surface area contributed by atoms with E-state index in [0.29, 0.717) is 16.2 Å². The zero-order chi connectivity index (χ0) is 17.8. The minimum Gasteiger partial charge on any atom is -0.463 e. The number of hydrogen-bond donors (Lipinski definition) is 1. The van der Waals surface area contributed by atoms with Gasteiger partial charge in [0.15, 0.2) is 6.10 Å². The summed E-state index contributed by atoms with van der Waals surface area (Å²) in [5.41, 5.74) is 1.79. The van der Waals surface area contributed by atoms with Crippen molar-refractivity contribution in [3.05, 3.63) is 64.9 Å². The molecule has 0 saturated heterocycles. The van der Waals surface area contributed by atoms with Crippen LogP contribution >= 0.6 is 15.9 Å². The quantitative estimate of drug-likeness (QED) is 0.707. The van der Waals surface area contributed by atoms with Crippen LogP contribution in [-0.4, -0.2) is 26.8 Å². The first-order valence-electron chi connectivity index (χ1n) is 7.74. The number of aryl methyl sites for hydroxylation is 1. The second kappa shape index (κ2) is 7.48. The van der Waals surface area contributed by atoms with Crippen molar-refractivity contribution in [2.24, 2.45) is 0 Å². The summed E-state index contributed by atoms with van der Waals surface area (Å²) in [7, 11) is 0. The number of aromatic nitrogens is 3. The molecule has 0 aliphatic rings. The molecule has 0 aliphatic carbocycles. The van der Waals surface area contributed by atoms with Crippen LogP contribution in [0, 0.1) is 6.92 Å². The number of benzene rings is 1. The molecule has 2 aromatic heterocycles. The van der Waals surface area contributed by atoms with Gasteiger partial charge in [0.05, 0.1) is 10.2 Å². The molecule has 128 valence electrons. The van der Waals surface area contributed by atoms with E-state index in [-0.39, 0.29) is 5.91 Å². The summed E-state index contributed by atoms with van der Waals surface area (Å²) in [5.74, 6) is 0.587. The van der Waals surface area contributed by atoms with Crippen molar-refractivity contribution in [2.75, 3.05) is 5.32 Å². The lowest BCUT2D eigenvalue weighted by molar-refractivity contribution is -0.122. The maximum Gasteiger partial charge on any atom is 0.266 e. The molecule has 2 heterocycles. The highest BCUT2D eigenvalue weighted by atomic mass is 79.9. The Hall–Kier alpha value is -2.67. The predicted molar refractivity (Wildman–Crippen MR) is 99.0 cm³/mol. The van der Waals surface area contributed by atoms with Crippen LogP contribution < -0.4 is 10.1 Å². The molecule has 6 nitrogen and oxygen atoms in total. The zero-order valence-electron chi connectivity index (χ0n) is 13.8. The fourth-order valence-corrected chi connectivity index (χ4v) is 2.55. The van der Waals surface area contributed by atoms with Crippen molar-refractivity contribution in [3.63, 3.8) is 0 Å². The van der Waals surface area contributed by atoms with Crippen LogP contribution in [0.25, 0.3) is 5.69 Å². The molecule has 0 spiro atoms. The van der Waals surface area contributed by atoms with E-state index >= 15 is 0 Å². The van der Waals surface area contributed by atoms with E-state index in [1.807, 2.05) is 49.4 Å². The fraction of sp³-hybridized carbons (Fsp3) is 0.167. The lowest BCUT2D eigenvalue weighted by Crippen LogP contribution is -2.31. The molecule has 3 aromatic rings. The summed E-state index contributed by atoms with van der Waals surface area (Å²) in [6.45, 7) is 3.55. The van der Waals surface area contributed by atoms with Crippen molar-refractivity contribution in [3.8, 4) is 11.6 Å². The highest BCUT2D eigenvalue weighted by Gasteiger charge is 2.19. The van der Waals surface area contributed by atoms with Gasteiger partial charge in [-0.2, -0.15) is 0 Å². The van der Waals surface area contributed by atoms with Crippen LogP contribution in [0.4, 0.5) is 5.82 Å². The maximum atomic E-state index is 12.3. The summed E-state index contributed by atoms with van der Waals surface area (Å²) in [5, 5.41) is 7.14. The van der Waals surface area contributed by atoms with Crippen molar-refractivity contribution in [1.29, 1.82) is 0 Å². The van der Waals surface area contributed by atoms with Crippen LogP contribution in [0.1, 0.15) is 12.5 Å².